The molecule has 34 heavy (non-hydrogen) atoms. The van der Waals surface area contributed by atoms with E-state index in [0.29, 0.717) is 35.0 Å². The van der Waals surface area contributed by atoms with Gasteiger partial charge < -0.3 is 19.9 Å². The van der Waals surface area contributed by atoms with Gasteiger partial charge in [0, 0.05) is 18.8 Å². The second-order valence-electron chi connectivity index (χ2n) is 8.58. The lowest BCUT2D eigenvalue weighted by atomic mass is 9.93. The Morgan fingerprint density at radius 3 is 2.76 bits per heavy atom. The van der Waals surface area contributed by atoms with E-state index in [-0.39, 0.29) is 12.3 Å². The third kappa shape index (κ3) is 5.36. The highest BCUT2D eigenvalue weighted by molar-refractivity contribution is 8.16. The Morgan fingerprint density at radius 1 is 1.26 bits per heavy atom. The second-order valence-corrected chi connectivity index (χ2v) is 9.42. The van der Waals surface area contributed by atoms with Gasteiger partial charge in [-0.25, -0.2) is 14.2 Å². The number of carbonyl (C=O) groups is 2. The van der Waals surface area contributed by atoms with E-state index in [1.807, 2.05) is 17.2 Å². The Bertz CT molecular complexity index is 1030. The number of carbonyl (C=O) groups excluding carboxylic acids is 2. The number of halogens is 1. The number of nitrogens with zero attached hydrogens (tertiary/aromatic N) is 3. The highest BCUT2D eigenvalue weighted by Crippen LogP contribution is 2.45. The zero-order valence-corrected chi connectivity index (χ0v) is 20.5. The average molecular weight is 487 g/mol. The van der Waals surface area contributed by atoms with Crippen LogP contribution >= 0.6 is 11.8 Å². The summed E-state index contributed by atoms with van der Waals surface area (Å²) in [5.41, 5.74) is 2.32. The van der Waals surface area contributed by atoms with Crippen LogP contribution in [-0.4, -0.2) is 60.1 Å². The van der Waals surface area contributed by atoms with Crippen molar-refractivity contribution in [3.8, 4) is 0 Å². The molecule has 0 radical (unpaired) electrons. The van der Waals surface area contributed by atoms with Crippen molar-refractivity contribution in [2.75, 3.05) is 33.3 Å². The number of piperidine rings is 1. The van der Waals surface area contributed by atoms with Gasteiger partial charge in [0.25, 0.3) is 0 Å². The van der Waals surface area contributed by atoms with Crippen LogP contribution in [-0.2, 0) is 14.3 Å². The van der Waals surface area contributed by atoms with E-state index in [0.717, 1.165) is 25.3 Å². The molecule has 1 N–H and O–H groups in total. The second kappa shape index (κ2) is 11.2. The number of rotatable bonds is 8. The Labute approximate surface area is 204 Å². The molecule has 182 valence electrons. The summed E-state index contributed by atoms with van der Waals surface area (Å²) in [6, 6.07) is 5.58. The first-order valence-electron chi connectivity index (χ1n) is 11.8. The highest BCUT2D eigenvalue weighted by atomic mass is 32.2. The normalized spacial score (nSPS) is 20.6. The summed E-state index contributed by atoms with van der Waals surface area (Å²) in [6.45, 7) is 5.54. The van der Waals surface area contributed by atoms with Crippen molar-refractivity contribution in [3.05, 3.63) is 58.0 Å². The number of aliphatic imine (C=N–C) groups is 1. The number of likely N-dealkylation sites (tertiary alicyclic amines) is 1. The van der Waals surface area contributed by atoms with Gasteiger partial charge in [-0.1, -0.05) is 37.2 Å². The van der Waals surface area contributed by atoms with Crippen LogP contribution in [0.5, 0.6) is 0 Å². The first kappa shape index (κ1) is 24.5. The molecule has 1 amide bonds. The number of allylic oxidation sites excluding steroid dienone is 1. The largest absolute Gasteiger partial charge is 0.466 e. The molecule has 0 aromatic heterocycles. The fourth-order valence-electron chi connectivity index (χ4n) is 4.67. The lowest BCUT2D eigenvalue weighted by molar-refractivity contribution is -0.136. The van der Waals surface area contributed by atoms with Crippen LogP contribution in [0.1, 0.15) is 50.6 Å². The van der Waals surface area contributed by atoms with E-state index >= 15 is 0 Å². The summed E-state index contributed by atoms with van der Waals surface area (Å²) in [5, 5.41) is 5.59. The van der Waals surface area contributed by atoms with E-state index in [1.54, 1.807) is 12.1 Å². The number of methoxy groups -OCH3 is 1. The first-order chi connectivity index (χ1) is 16.5. The maximum Gasteiger partial charge on any atom is 0.338 e. The molecule has 1 aromatic rings. The van der Waals surface area contributed by atoms with Gasteiger partial charge in [0.2, 0.25) is 5.91 Å². The maximum atomic E-state index is 14.2. The van der Waals surface area contributed by atoms with Crippen LogP contribution in [0, 0.1) is 5.82 Å². The van der Waals surface area contributed by atoms with Gasteiger partial charge in [0.1, 0.15) is 5.82 Å². The minimum Gasteiger partial charge on any atom is -0.466 e. The van der Waals surface area contributed by atoms with Gasteiger partial charge in [-0.3, -0.25) is 4.79 Å². The predicted octanol–water partition coefficient (Wildman–Crippen LogP) is 3.96. The monoisotopic (exact) mass is 486 g/mol. The van der Waals surface area contributed by atoms with Gasteiger partial charge in [0.05, 0.1) is 30.8 Å². The molecule has 3 heterocycles. The van der Waals surface area contributed by atoms with Crippen molar-refractivity contribution < 1.29 is 18.7 Å². The zero-order valence-electron chi connectivity index (χ0n) is 19.7. The summed E-state index contributed by atoms with van der Waals surface area (Å²) in [5.74, 6) is -0.985. The van der Waals surface area contributed by atoms with Gasteiger partial charge in [-0.05, 0) is 55.5 Å². The van der Waals surface area contributed by atoms with Crippen molar-refractivity contribution in [2.45, 2.75) is 45.1 Å². The van der Waals surface area contributed by atoms with Gasteiger partial charge in [-0.15, -0.1) is 0 Å². The van der Waals surface area contributed by atoms with Crippen LogP contribution in [0.25, 0.3) is 0 Å². The van der Waals surface area contributed by atoms with E-state index in [2.05, 4.69) is 10.2 Å². The fraction of sp³-hybridized carbons (Fsp3) is 0.480. The van der Waals surface area contributed by atoms with E-state index < -0.39 is 17.8 Å². The number of benzene rings is 1. The quantitative estimate of drug-likeness (QED) is 0.561. The lowest BCUT2D eigenvalue weighted by Gasteiger charge is -2.36. The molecule has 1 unspecified atom stereocenters. The molecule has 7 nitrogen and oxygen atoms in total. The average Bonchev–Trinajstić information content (AvgIpc) is 3.25. The Hall–Kier alpha value is -2.65. The molecule has 9 heteroatoms. The van der Waals surface area contributed by atoms with Crippen LogP contribution in [0.4, 0.5) is 4.39 Å². The number of amidine groups is 1. The summed E-state index contributed by atoms with van der Waals surface area (Å²) >= 11 is 1.41. The van der Waals surface area contributed by atoms with Gasteiger partial charge in [-0.2, -0.15) is 0 Å². The minimum atomic E-state index is -0.618. The number of hydrogen-bond acceptors (Lipinski definition) is 7. The maximum absolute atomic E-state index is 14.2. The smallest absolute Gasteiger partial charge is 0.338 e. The fourth-order valence-corrected chi connectivity index (χ4v) is 5.61. The van der Waals surface area contributed by atoms with E-state index in [9.17, 15) is 14.0 Å². The summed E-state index contributed by atoms with van der Waals surface area (Å²) in [4.78, 5) is 34.6. The number of amides is 1. The van der Waals surface area contributed by atoms with Crippen molar-refractivity contribution in [3.63, 3.8) is 0 Å². The summed E-state index contributed by atoms with van der Waals surface area (Å²) in [6.07, 6.45) is 4.38. The Balaban J connectivity index is 1.54. The molecule has 1 saturated heterocycles. The molecule has 0 saturated carbocycles. The SMILES string of the molecule is CCC1=C(C(=O)OC)C(c2cccc(F)c2)N2C(CC(=O)NCCN3CCCCC3)=CSC2=N1. The zero-order chi connectivity index (χ0) is 24.1. The van der Waals surface area contributed by atoms with Crippen LogP contribution < -0.4 is 5.32 Å². The van der Waals surface area contributed by atoms with Crippen molar-refractivity contribution in [1.29, 1.82) is 0 Å². The predicted molar refractivity (Wildman–Crippen MR) is 131 cm³/mol. The molecule has 1 fully saturated rings. The van der Waals surface area contributed by atoms with Crippen molar-refractivity contribution >= 4 is 28.8 Å². The molecule has 4 rings (SSSR count). The molecule has 0 spiro atoms. The number of ether oxygens (including phenoxy) is 1. The van der Waals surface area contributed by atoms with Gasteiger partial charge in [0.15, 0.2) is 5.17 Å². The Kier molecular flexibility index (Phi) is 8.05. The lowest BCUT2D eigenvalue weighted by Crippen LogP contribution is -2.40. The molecule has 0 bridgehead atoms. The molecule has 0 aliphatic carbocycles. The number of hydrogen-bond donors (Lipinski definition) is 1. The molecule has 3 aliphatic heterocycles. The minimum absolute atomic E-state index is 0.0898. The van der Waals surface area contributed by atoms with E-state index in [1.165, 1.54) is 50.3 Å². The molecule has 1 atom stereocenters. The summed E-state index contributed by atoms with van der Waals surface area (Å²) < 4.78 is 19.3. The van der Waals surface area contributed by atoms with Gasteiger partial charge >= 0.3 is 5.97 Å². The highest BCUT2D eigenvalue weighted by Gasteiger charge is 2.41. The van der Waals surface area contributed by atoms with Crippen LogP contribution in [0.15, 0.2) is 51.6 Å². The first-order valence-corrected chi connectivity index (χ1v) is 12.7. The van der Waals surface area contributed by atoms with Crippen molar-refractivity contribution in [2.24, 2.45) is 4.99 Å². The topological polar surface area (TPSA) is 74.2 Å². The molecular weight excluding hydrogens is 455 g/mol. The van der Waals surface area contributed by atoms with Crippen LogP contribution in [0.2, 0.25) is 0 Å². The molecule has 1 aromatic carbocycles. The number of fused-ring (bicyclic) bond motifs is 1. The van der Waals surface area contributed by atoms with E-state index in [4.69, 9.17) is 9.73 Å². The Morgan fingerprint density at radius 2 is 2.06 bits per heavy atom. The number of thioether (sulfide) groups is 1. The third-order valence-corrected chi connectivity index (χ3v) is 7.22. The number of nitrogens with one attached hydrogen (secondary N) is 1. The standard InChI is InChI=1S/C25H31FN4O3S/c1-3-20-22(24(32)33-2)23(17-8-7-9-18(26)14-17)30-19(16-34-25(30)28-20)15-21(31)27-10-13-29-11-5-4-6-12-29/h7-9,14,16,23H,3-6,10-13,15H2,1-2H3,(H,27,31). The number of esters is 1. The molecular formula is C25H31FN4O3S. The van der Waals surface area contributed by atoms with Crippen molar-refractivity contribution in [1.82, 2.24) is 15.1 Å². The van der Waals surface area contributed by atoms with Crippen LogP contribution in [0.3, 0.4) is 0 Å². The molecule has 3 aliphatic rings. The third-order valence-electron chi connectivity index (χ3n) is 6.33. The summed E-state index contributed by atoms with van der Waals surface area (Å²) in [7, 11) is 1.33.